The number of nitrogens with zero attached hydrogens (tertiary/aromatic N) is 1. The number of hydrogen-bond donors (Lipinski definition) is 0. The summed E-state index contributed by atoms with van der Waals surface area (Å²) in [7, 11) is 0. The Kier molecular flexibility index (Phi) is 7.85. The molecule has 17 heavy (non-hydrogen) atoms. The quantitative estimate of drug-likeness (QED) is 0.559. The van der Waals surface area contributed by atoms with Crippen LogP contribution in [-0.2, 0) is 0 Å². The van der Waals surface area contributed by atoms with E-state index in [0.717, 1.165) is 0 Å². The molecule has 0 bridgehead atoms. The molecule has 0 aliphatic heterocycles. The van der Waals surface area contributed by atoms with Crippen LogP contribution in [0.15, 0.2) is 24.3 Å². The van der Waals surface area contributed by atoms with Crippen LogP contribution in [0, 0.1) is 5.82 Å². The van der Waals surface area contributed by atoms with Crippen LogP contribution in [-0.4, -0.2) is 4.98 Å². The molecule has 0 spiro atoms. The number of hydrogen-bond acceptors (Lipinski definition) is 1. The molecule has 1 nitrogen and oxygen atoms in total. The Morgan fingerprint density at radius 2 is 1.59 bits per heavy atom. The second kappa shape index (κ2) is 8.26. The fourth-order valence-electron chi connectivity index (χ4n) is 1.16. The number of fused-ring (bicyclic) bond motifs is 1. The first-order valence-electron chi connectivity index (χ1n) is 5.58. The van der Waals surface area contributed by atoms with Crippen molar-refractivity contribution in [2.75, 3.05) is 0 Å². The Morgan fingerprint density at radius 3 is 2.18 bits per heavy atom. The van der Waals surface area contributed by atoms with Gasteiger partial charge in [0.25, 0.3) is 0 Å². The molecule has 0 aliphatic carbocycles. The highest BCUT2D eigenvalue weighted by atomic mass is 35.5. The van der Waals surface area contributed by atoms with Gasteiger partial charge in [-0.25, -0.2) is 9.37 Å². The molecule has 2 rings (SSSR count). The topological polar surface area (TPSA) is 12.9 Å². The summed E-state index contributed by atoms with van der Waals surface area (Å²) in [5, 5.41) is 1.92. The smallest absolute Gasteiger partial charge is 0.138 e. The number of benzene rings is 1. The van der Waals surface area contributed by atoms with Gasteiger partial charge in [-0.05, 0) is 29.7 Å². The van der Waals surface area contributed by atoms with E-state index in [2.05, 4.69) is 4.98 Å². The molecule has 2 aromatic rings. The van der Waals surface area contributed by atoms with Crippen molar-refractivity contribution in [1.29, 1.82) is 0 Å². The van der Waals surface area contributed by atoms with Crippen molar-refractivity contribution in [3.63, 3.8) is 0 Å². The Bertz CT molecular complexity index is 467. The molecular formula is C13H16Cl2FN. The van der Waals surface area contributed by atoms with Crippen molar-refractivity contribution in [3.8, 4) is 0 Å². The summed E-state index contributed by atoms with van der Waals surface area (Å²) in [4.78, 5) is 3.84. The molecule has 0 saturated carbocycles. The number of rotatable bonds is 0. The largest absolute Gasteiger partial charge is 0.224 e. The highest BCUT2D eigenvalue weighted by Crippen LogP contribution is 2.24. The Hall–Kier alpha value is -0.860. The van der Waals surface area contributed by atoms with Gasteiger partial charge in [0.1, 0.15) is 16.1 Å². The maximum atomic E-state index is 12.8. The van der Waals surface area contributed by atoms with Crippen LogP contribution in [0.3, 0.4) is 0 Å². The molecule has 0 radical (unpaired) electrons. The summed E-state index contributed by atoms with van der Waals surface area (Å²) in [5.74, 6) is -0.314. The first kappa shape index (κ1) is 16.1. The lowest BCUT2D eigenvalue weighted by molar-refractivity contribution is 0.629. The van der Waals surface area contributed by atoms with E-state index in [1.54, 1.807) is 12.1 Å². The second-order valence-corrected chi connectivity index (χ2v) is 3.35. The van der Waals surface area contributed by atoms with Gasteiger partial charge in [-0.3, -0.25) is 0 Å². The van der Waals surface area contributed by atoms with E-state index in [1.165, 1.54) is 12.1 Å². The summed E-state index contributed by atoms with van der Waals surface area (Å²) in [6.07, 6.45) is 0. The van der Waals surface area contributed by atoms with Crippen molar-refractivity contribution in [1.82, 2.24) is 4.98 Å². The average molecular weight is 276 g/mol. The minimum Gasteiger partial charge on any atom is -0.224 e. The molecule has 0 aliphatic rings. The van der Waals surface area contributed by atoms with E-state index in [-0.39, 0.29) is 11.0 Å². The van der Waals surface area contributed by atoms with Crippen LogP contribution in [0.5, 0.6) is 0 Å². The van der Waals surface area contributed by atoms with Crippen LogP contribution >= 0.6 is 23.2 Å². The van der Waals surface area contributed by atoms with Crippen LogP contribution < -0.4 is 0 Å². The van der Waals surface area contributed by atoms with Crippen molar-refractivity contribution in [2.24, 2.45) is 0 Å². The van der Waals surface area contributed by atoms with Gasteiger partial charge in [-0.15, -0.1) is 0 Å². The molecule has 1 aromatic heterocycles. The highest BCUT2D eigenvalue weighted by Gasteiger charge is 2.03. The molecule has 0 unspecified atom stereocenters. The standard InChI is InChI=1S/C9H4Cl2FN.2C2H6/c10-8-4-5-3-6(12)1-2-7(5)9(11)13-8;2*1-2/h1-4H;2*1-2H3. The van der Waals surface area contributed by atoms with Gasteiger partial charge >= 0.3 is 0 Å². The summed E-state index contributed by atoms with van der Waals surface area (Å²) >= 11 is 11.5. The number of halogens is 3. The summed E-state index contributed by atoms with van der Waals surface area (Å²) < 4.78 is 12.8. The molecule has 94 valence electrons. The molecule has 0 amide bonds. The third-order valence-corrected chi connectivity index (χ3v) is 2.20. The number of aromatic nitrogens is 1. The lowest BCUT2D eigenvalue weighted by Crippen LogP contribution is -1.82. The first-order chi connectivity index (χ1) is 8.16. The monoisotopic (exact) mass is 275 g/mol. The Balaban J connectivity index is 0.000000581. The third-order valence-electron chi connectivity index (χ3n) is 1.72. The molecule has 0 fully saturated rings. The van der Waals surface area contributed by atoms with Gasteiger partial charge < -0.3 is 0 Å². The van der Waals surface area contributed by atoms with Crippen molar-refractivity contribution >= 4 is 34.0 Å². The fourth-order valence-corrected chi connectivity index (χ4v) is 1.66. The van der Waals surface area contributed by atoms with Crippen molar-refractivity contribution < 1.29 is 4.39 Å². The normalized spacial score (nSPS) is 8.88. The van der Waals surface area contributed by atoms with Gasteiger partial charge in [0.05, 0.1) is 0 Å². The van der Waals surface area contributed by atoms with Gasteiger partial charge in [0.2, 0.25) is 0 Å². The highest BCUT2D eigenvalue weighted by molar-refractivity contribution is 6.36. The lowest BCUT2D eigenvalue weighted by Gasteiger charge is -2.00. The van der Waals surface area contributed by atoms with Gasteiger partial charge in [-0.2, -0.15) is 0 Å². The maximum Gasteiger partial charge on any atom is 0.138 e. The van der Waals surface area contributed by atoms with Crippen LogP contribution in [0.2, 0.25) is 10.3 Å². The van der Waals surface area contributed by atoms with Gasteiger partial charge in [0, 0.05) is 5.39 Å². The van der Waals surface area contributed by atoms with E-state index < -0.39 is 0 Å². The predicted molar refractivity (Wildman–Crippen MR) is 74.4 cm³/mol. The molecule has 0 saturated heterocycles. The molecule has 1 aromatic carbocycles. The van der Waals surface area contributed by atoms with Gasteiger partial charge in [-0.1, -0.05) is 50.9 Å². The SMILES string of the molecule is CC.CC.Fc1ccc2c(Cl)nc(Cl)cc2c1. The van der Waals surface area contributed by atoms with Crippen LogP contribution in [0.1, 0.15) is 27.7 Å². The van der Waals surface area contributed by atoms with Crippen molar-refractivity contribution in [3.05, 3.63) is 40.4 Å². The van der Waals surface area contributed by atoms with Crippen LogP contribution in [0.25, 0.3) is 10.8 Å². The minimum absolute atomic E-state index is 0.267. The zero-order valence-corrected chi connectivity index (χ0v) is 11.9. The first-order valence-corrected chi connectivity index (χ1v) is 6.34. The summed E-state index contributed by atoms with van der Waals surface area (Å²) in [5.41, 5.74) is 0. The third kappa shape index (κ3) is 4.49. The Morgan fingerprint density at radius 1 is 1.00 bits per heavy atom. The Labute approximate surface area is 112 Å². The molecular weight excluding hydrogens is 260 g/mol. The second-order valence-electron chi connectivity index (χ2n) is 2.60. The van der Waals surface area contributed by atoms with Crippen molar-refractivity contribution in [2.45, 2.75) is 27.7 Å². The maximum absolute atomic E-state index is 12.8. The van der Waals surface area contributed by atoms with Gasteiger partial charge in [0.15, 0.2) is 0 Å². The molecule has 1 heterocycles. The molecule has 0 N–H and O–H groups in total. The minimum atomic E-state index is -0.314. The number of pyridine rings is 1. The lowest BCUT2D eigenvalue weighted by atomic mass is 10.2. The molecule has 0 atom stereocenters. The summed E-state index contributed by atoms with van der Waals surface area (Å²) in [6.45, 7) is 8.00. The zero-order chi connectivity index (χ0) is 13.4. The fraction of sp³-hybridized carbons (Fsp3) is 0.308. The molecule has 4 heteroatoms. The zero-order valence-electron chi connectivity index (χ0n) is 10.4. The van der Waals surface area contributed by atoms with E-state index in [0.29, 0.717) is 15.9 Å². The summed E-state index contributed by atoms with van der Waals surface area (Å²) in [6, 6.07) is 5.86. The predicted octanol–water partition coefficient (Wildman–Crippen LogP) is 5.73. The van der Waals surface area contributed by atoms with E-state index in [1.807, 2.05) is 27.7 Å². The van der Waals surface area contributed by atoms with E-state index in [4.69, 9.17) is 23.2 Å². The van der Waals surface area contributed by atoms with E-state index in [9.17, 15) is 4.39 Å². The average Bonchev–Trinajstić information content (AvgIpc) is 2.33. The van der Waals surface area contributed by atoms with E-state index >= 15 is 0 Å². The van der Waals surface area contributed by atoms with Crippen LogP contribution in [0.4, 0.5) is 4.39 Å².